The molecule has 5 nitrogen and oxygen atoms in total. The van der Waals surface area contributed by atoms with Gasteiger partial charge in [0.1, 0.15) is 0 Å². The summed E-state index contributed by atoms with van der Waals surface area (Å²) < 4.78 is 1.88. The van der Waals surface area contributed by atoms with Crippen LogP contribution in [0.3, 0.4) is 0 Å². The highest BCUT2D eigenvalue weighted by Gasteiger charge is 2.19. The highest BCUT2D eigenvalue weighted by Crippen LogP contribution is 2.22. The second kappa shape index (κ2) is 6.14. The maximum absolute atomic E-state index is 12.4. The van der Waals surface area contributed by atoms with E-state index in [9.17, 15) is 10.0 Å². The van der Waals surface area contributed by atoms with E-state index in [-0.39, 0.29) is 5.71 Å². The first kappa shape index (κ1) is 15.1. The van der Waals surface area contributed by atoms with Gasteiger partial charge in [0.15, 0.2) is 5.71 Å². The van der Waals surface area contributed by atoms with Crippen LogP contribution in [0.15, 0.2) is 59.9 Å². The van der Waals surface area contributed by atoms with Crippen molar-refractivity contribution in [3.8, 4) is 0 Å². The van der Waals surface area contributed by atoms with Gasteiger partial charge in [-0.05, 0) is 30.3 Å². The van der Waals surface area contributed by atoms with E-state index in [4.69, 9.17) is 11.6 Å². The predicted molar refractivity (Wildman–Crippen MR) is 91.3 cm³/mol. The fourth-order valence-electron chi connectivity index (χ4n) is 2.48. The van der Waals surface area contributed by atoms with Crippen molar-refractivity contribution in [2.45, 2.75) is 0 Å². The van der Waals surface area contributed by atoms with Gasteiger partial charge in [-0.3, -0.25) is 4.79 Å². The highest BCUT2D eigenvalue weighted by atomic mass is 35.5. The number of nitrogens with one attached hydrogen (secondary N) is 1. The number of benzene rings is 2. The molecule has 0 radical (unpaired) electrons. The molecule has 0 aliphatic carbocycles. The van der Waals surface area contributed by atoms with Gasteiger partial charge in [-0.2, -0.15) is 0 Å². The molecule has 0 saturated carbocycles. The van der Waals surface area contributed by atoms with Crippen LogP contribution >= 0.6 is 11.6 Å². The summed E-state index contributed by atoms with van der Waals surface area (Å²) in [5, 5.41) is 16.7. The second-order valence-corrected chi connectivity index (χ2v) is 5.52. The molecule has 2 aromatic carbocycles. The number of oxime groups is 1. The largest absolute Gasteiger partial charge is 0.410 e. The third-order valence-electron chi connectivity index (χ3n) is 3.57. The number of fused-ring (bicyclic) bond motifs is 1. The second-order valence-electron chi connectivity index (χ2n) is 5.08. The Kier molecular flexibility index (Phi) is 4.04. The smallest absolute Gasteiger partial charge is 0.278 e. The quantitative estimate of drug-likeness (QED) is 0.438. The third-order valence-corrected chi connectivity index (χ3v) is 3.82. The van der Waals surface area contributed by atoms with Crippen molar-refractivity contribution < 1.29 is 10.0 Å². The summed E-state index contributed by atoms with van der Waals surface area (Å²) in [5.41, 5.74) is 2.04. The minimum Gasteiger partial charge on any atom is -0.410 e. The van der Waals surface area contributed by atoms with Crippen LogP contribution in [0.1, 0.15) is 5.56 Å². The van der Waals surface area contributed by atoms with Crippen molar-refractivity contribution in [1.29, 1.82) is 0 Å². The summed E-state index contributed by atoms with van der Waals surface area (Å²) in [4.78, 5) is 12.4. The summed E-state index contributed by atoms with van der Waals surface area (Å²) in [6.07, 6.45) is 1.77. The maximum Gasteiger partial charge on any atom is 0.278 e. The monoisotopic (exact) mass is 327 g/mol. The molecule has 1 aromatic heterocycles. The number of rotatable bonds is 3. The molecule has 0 aliphatic rings. The fourth-order valence-corrected chi connectivity index (χ4v) is 2.60. The number of para-hydroxylation sites is 1. The molecule has 6 heteroatoms. The summed E-state index contributed by atoms with van der Waals surface area (Å²) in [7, 11) is 1.87. The molecule has 3 aromatic rings. The van der Waals surface area contributed by atoms with Crippen molar-refractivity contribution in [3.63, 3.8) is 0 Å². The van der Waals surface area contributed by atoms with E-state index in [2.05, 4.69) is 10.5 Å². The number of aryl methyl sites for hydroxylation is 1. The lowest BCUT2D eigenvalue weighted by Crippen LogP contribution is -2.23. The van der Waals surface area contributed by atoms with E-state index in [1.54, 1.807) is 30.5 Å². The molecule has 3 rings (SSSR count). The van der Waals surface area contributed by atoms with Crippen molar-refractivity contribution in [2.24, 2.45) is 12.2 Å². The lowest BCUT2D eigenvalue weighted by atomic mass is 10.1. The minimum atomic E-state index is -0.494. The third kappa shape index (κ3) is 2.91. The van der Waals surface area contributed by atoms with Gasteiger partial charge in [-0.25, -0.2) is 0 Å². The first-order chi connectivity index (χ1) is 11.1. The minimum absolute atomic E-state index is 0.0447. The summed E-state index contributed by atoms with van der Waals surface area (Å²) in [6.45, 7) is 0. The SMILES string of the molecule is Cn1cc(/C(=N/O)C(=O)Nc2ccc(Cl)cc2)c2ccccc21. The number of amides is 1. The number of nitrogens with zero attached hydrogens (tertiary/aromatic N) is 2. The molecule has 0 spiro atoms. The number of anilines is 1. The fraction of sp³-hybridized carbons (Fsp3) is 0.0588. The normalized spacial score (nSPS) is 11.7. The van der Waals surface area contributed by atoms with Crippen LogP contribution < -0.4 is 5.32 Å². The summed E-state index contributed by atoms with van der Waals surface area (Å²) in [6, 6.07) is 14.3. The Bertz CT molecular complexity index is 898. The summed E-state index contributed by atoms with van der Waals surface area (Å²) in [5.74, 6) is -0.494. The predicted octanol–water partition coefficient (Wildman–Crippen LogP) is 3.65. The van der Waals surface area contributed by atoms with E-state index >= 15 is 0 Å². The van der Waals surface area contributed by atoms with Crippen LogP contribution in [-0.2, 0) is 11.8 Å². The van der Waals surface area contributed by atoms with Gasteiger partial charge >= 0.3 is 0 Å². The number of hydrogen-bond acceptors (Lipinski definition) is 3. The molecule has 1 amide bonds. The van der Waals surface area contributed by atoms with Crippen molar-refractivity contribution in [2.75, 3.05) is 5.32 Å². The number of carbonyl (C=O) groups is 1. The van der Waals surface area contributed by atoms with Gasteiger partial charge in [-0.15, -0.1) is 0 Å². The van der Waals surface area contributed by atoms with E-state index in [0.717, 1.165) is 10.9 Å². The van der Waals surface area contributed by atoms with Crippen molar-refractivity contribution >= 4 is 39.8 Å². The van der Waals surface area contributed by atoms with Gasteiger partial charge in [-0.1, -0.05) is 35.0 Å². The van der Waals surface area contributed by atoms with E-state index in [0.29, 0.717) is 16.3 Å². The maximum atomic E-state index is 12.4. The number of carbonyl (C=O) groups excluding carboxylic acids is 1. The summed E-state index contributed by atoms with van der Waals surface area (Å²) >= 11 is 5.82. The molecular weight excluding hydrogens is 314 g/mol. The molecule has 0 fully saturated rings. The first-order valence-electron chi connectivity index (χ1n) is 6.93. The molecule has 0 bridgehead atoms. The standard InChI is InChI=1S/C17H14ClN3O2/c1-21-10-14(13-4-2-3-5-15(13)21)16(20-23)17(22)19-12-8-6-11(18)7-9-12/h2-10,23H,1H3,(H,19,22)/b20-16-. The van der Waals surface area contributed by atoms with Crippen LogP contribution in [0.2, 0.25) is 5.02 Å². The van der Waals surface area contributed by atoms with Crippen molar-refractivity contribution in [1.82, 2.24) is 4.57 Å². The Hall–Kier alpha value is -2.79. The van der Waals surface area contributed by atoms with E-state index in [1.807, 2.05) is 35.9 Å². The van der Waals surface area contributed by atoms with Gasteiger partial charge in [0.2, 0.25) is 0 Å². The molecule has 23 heavy (non-hydrogen) atoms. The zero-order valence-electron chi connectivity index (χ0n) is 12.3. The van der Waals surface area contributed by atoms with Crippen LogP contribution in [0, 0.1) is 0 Å². The Labute approximate surface area is 137 Å². The molecule has 0 atom stereocenters. The van der Waals surface area contributed by atoms with Crippen LogP contribution in [0.4, 0.5) is 5.69 Å². The van der Waals surface area contributed by atoms with Crippen LogP contribution in [0.25, 0.3) is 10.9 Å². The number of halogens is 1. The molecule has 0 saturated heterocycles. The Balaban J connectivity index is 1.95. The molecule has 1 heterocycles. The van der Waals surface area contributed by atoms with Crippen LogP contribution in [-0.4, -0.2) is 21.4 Å². The molecule has 0 aliphatic heterocycles. The van der Waals surface area contributed by atoms with Gasteiger partial charge in [0.05, 0.1) is 0 Å². The lowest BCUT2D eigenvalue weighted by Gasteiger charge is -2.06. The zero-order chi connectivity index (χ0) is 16.4. The lowest BCUT2D eigenvalue weighted by molar-refractivity contribution is -0.110. The zero-order valence-corrected chi connectivity index (χ0v) is 13.1. The Morgan fingerprint density at radius 2 is 1.87 bits per heavy atom. The first-order valence-corrected chi connectivity index (χ1v) is 7.31. The average Bonchev–Trinajstić information content (AvgIpc) is 2.88. The average molecular weight is 328 g/mol. The molecule has 116 valence electrons. The van der Waals surface area contributed by atoms with E-state index < -0.39 is 5.91 Å². The molecular formula is C17H14ClN3O2. The van der Waals surface area contributed by atoms with Crippen molar-refractivity contribution in [3.05, 3.63) is 65.3 Å². The van der Waals surface area contributed by atoms with Gasteiger partial charge < -0.3 is 15.1 Å². The van der Waals surface area contributed by atoms with Gasteiger partial charge in [0, 0.05) is 40.4 Å². The topological polar surface area (TPSA) is 66.6 Å². The Morgan fingerprint density at radius 3 is 2.57 bits per heavy atom. The molecule has 2 N–H and O–H groups in total. The van der Waals surface area contributed by atoms with Crippen LogP contribution in [0.5, 0.6) is 0 Å². The highest BCUT2D eigenvalue weighted by molar-refractivity contribution is 6.50. The van der Waals surface area contributed by atoms with Gasteiger partial charge in [0.25, 0.3) is 5.91 Å². The number of aromatic nitrogens is 1. The van der Waals surface area contributed by atoms with E-state index in [1.165, 1.54) is 0 Å². The number of hydrogen-bond donors (Lipinski definition) is 2. The Morgan fingerprint density at radius 1 is 1.17 bits per heavy atom. The molecule has 0 unspecified atom stereocenters.